The molecule has 0 heterocycles. The zero-order chi connectivity index (χ0) is 11.4. The Labute approximate surface area is 93.5 Å². The van der Waals surface area contributed by atoms with E-state index in [1.807, 2.05) is 17.8 Å². The van der Waals surface area contributed by atoms with Gasteiger partial charge in [0.25, 0.3) is 0 Å². The van der Waals surface area contributed by atoms with Gasteiger partial charge in [-0.1, -0.05) is 40.7 Å². The lowest BCUT2D eigenvalue weighted by Gasteiger charge is -2.35. The Morgan fingerprint density at radius 2 is 1.93 bits per heavy atom. The lowest BCUT2D eigenvalue weighted by molar-refractivity contribution is 0.452. The number of nitrogens with two attached hydrogens (primary N) is 1. The van der Waals surface area contributed by atoms with Gasteiger partial charge >= 0.3 is 0 Å². The summed E-state index contributed by atoms with van der Waals surface area (Å²) in [5.74, 6) is 0.678. The molecule has 3 unspecified atom stereocenters. The van der Waals surface area contributed by atoms with Crippen LogP contribution in [0.5, 0.6) is 0 Å². The summed E-state index contributed by atoms with van der Waals surface area (Å²) in [4.78, 5) is 0. The van der Waals surface area contributed by atoms with Gasteiger partial charge in [0.2, 0.25) is 0 Å². The number of rotatable bonds is 6. The summed E-state index contributed by atoms with van der Waals surface area (Å²) in [6.45, 7) is 15.1. The Hall–Kier alpha value is 0.0500. The van der Waals surface area contributed by atoms with Crippen LogP contribution in [0.3, 0.4) is 0 Å². The first-order valence-corrected chi connectivity index (χ1v) is 6.31. The van der Waals surface area contributed by atoms with Gasteiger partial charge < -0.3 is 5.73 Å². The molecule has 0 aromatic carbocycles. The molecule has 0 aromatic rings. The molecule has 1 nitrogen and oxygen atoms in total. The molecule has 0 amide bonds. The van der Waals surface area contributed by atoms with Gasteiger partial charge in [-0.25, -0.2) is 0 Å². The van der Waals surface area contributed by atoms with Gasteiger partial charge in [-0.15, -0.1) is 6.58 Å². The molecule has 0 aliphatic carbocycles. The number of hydrogen-bond donors (Lipinski definition) is 1. The molecule has 3 atom stereocenters. The van der Waals surface area contributed by atoms with Crippen LogP contribution >= 0.6 is 11.8 Å². The van der Waals surface area contributed by atoms with Crippen LogP contribution in [0, 0.1) is 5.92 Å². The summed E-state index contributed by atoms with van der Waals surface area (Å²) in [5.41, 5.74) is 5.94. The molecule has 0 rings (SSSR count). The minimum absolute atomic E-state index is 0.102. The molecule has 0 saturated carbocycles. The number of hydrogen-bond acceptors (Lipinski definition) is 2. The van der Waals surface area contributed by atoms with E-state index in [0.717, 1.165) is 0 Å². The van der Waals surface area contributed by atoms with E-state index in [2.05, 4.69) is 41.2 Å². The average Bonchev–Trinajstić information content (AvgIpc) is 2.15. The predicted molar refractivity (Wildman–Crippen MR) is 68.8 cm³/mol. The second-order valence-electron chi connectivity index (χ2n) is 4.46. The number of thioether (sulfide) groups is 1. The van der Waals surface area contributed by atoms with Crippen LogP contribution in [0.15, 0.2) is 12.7 Å². The lowest BCUT2D eigenvalue weighted by Crippen LogP contribution is -2.35. The first-order valence-electron chi connectivity index (χ1n) is 5.43. The molecule has 0 fully saturated rings. The van der Waals surface area contributed by atoms with E-state index in [9.17, 15) is 0 Å². The molecule has 84 valence electrons. The van der Waals surface area contributed by atoms with Crippen molar-refractivity contribution in [2.45, 2.75) is 57.1 Å². The maximum absolute atomic E-state index is 5.94. The van der Waals surface area contributed by atoms with E-state index >= 15 is 0 Å². The normalized spacial score (nSPS) is 20.2. The van der Waals surface area contributed by atoms with Crippen LogP contribution in [0.2, 0.25) is 0 Å². The molecule has 14 heavy (non-hydrogen) atoms. The van der Waals surface area contributed by atoms with Crippen LogP contribution in [-0.4, -0.2) is 16.0 Å². The Bertz CT molecular complexity index is 179. The molecule has 0 saturated heterocycles. The molecular weight excluding hydrogens is 190 g/mol. The SMILES string of the molecule is C=CC(N)C(C)SC(C)(CC)C(C)C. The highest BCUT2D eigenvalue weighted by Crippen LogP contribution is 2.39. The molecule has 0 bridgehead atoms. The van der Waals surface area contributed by atoms with Crippen LogP contribution in [-0.2, 0) is 0 Å². The van der Waals surface area contributed by atoms with Gasteiger partial charge in [0.05, 0.1) is 0 Å². The quantitative estimate of drug-likeness (QED) is 0.687. The van der Waals surface area contributed by atoms with Gasteiger partial charge in [0.1, 0.15) is 0 Å². The third-order valence-corrected chi connectivity index (χ3v) is 5.18. The maximum atomic E-state index is 5.94. The third kappa shape index (κ3) is 3.66. The summed E-state index contributed by atoms with van der Waals surface area (Å²) in [5, 5.41) is 0.444. The van der Waals surface area contributed by atoms with Crippen molar-refractivity contribution in [3.63, 3.8) is 0 Å². The Morgan fingerprint density at radius 1 is 1.43 bits per heavy atom. The predicted octanol–water partition coefficient (Wildman–Crippen LogP) is 3.45. The molecule has 2 N–H and O–H groups in total. The van der Waals surface area contributed by atoms with Crippen LogP contribution < -0.4 is 5.73 Å². The fourth-order valence-electron chi connectivity index (χ4n) is 1.32. The smallest absolute Gasteiger partial charge is 0.0339 e. The van der Waals surface area contributed by atoms with Gasteiger partial charge in [-0.05, 0) is 12.3 Å². The highest BCUT2D eigenvalue weighted by molar-refractivity contribution is 8.01. The first kappa shape index (κ1) is 14.1. The fourth-order valence-corrected chi connectivity index (χ4v) is 2.88. The largest absolute Gasteiger partial charge is 0.324 e. The molecule has 0 spiro atoms. The molecule has 2 heteroatoms. The van der Waals surface area contributed by atoms with Crippen molar-refractivity contribution in [3.05, 3.63) is 12.7 Å². The van der Waals surface area contributed by atoms with Crippen molar-refractivity contribution in [1.29, 1.82) is 0 Å². The van der Waals surface area contributed by atoms with Crippen molar-refractivity contribution in [1.82, 2.24) is 0 Å². The van der Waals surface area contributed by atoms with Gasteiger partial charge in [0.15, 0.2) is 0 Å². The lowest BCUT2D eigenvalue weighted by atomic mass is 9.94. The summed E-state index contributed by atoms with van der Waals surface area (Å²) in [7, 11) is 0. The zero-order valence-electron chi connectivity index (χ0n) is 10.2. The molecule has 0 aliphatic rings. The molecule has 0 aromatic heterocycles. The standard InChI is InChI=1S/C12H25NS/c1-7-11(13)10(5)14-12(6,8-2)9(3)4/h7,9-11H,1,8,13H2,2-6H3. The monoisotopic (exact) mass is 215 g/mol. The first-order chi connectivity index (χ1) is 6.37. The van der Waals surface area contributed by atoms with Gasteiger partial charge in [-0.3, -0.25) is 0 Å². The molecule has 0 aliphatic heterocycles. The Morgan fingerprint density at radius 3 is 2.21 bits per heavy atom. The second-order valence-corrected chi connectivity index (χ2v) is 6.37. The summed E-state index contributed by atoms with van der Waals surface area (Å²) >= 11 is 1.99. The highest BCUT2D eigenvalue weighted by atomic mass is 32.2. The van der Waals surface area contributed by atoms with Crippen LogP contribution in [0.4, 0.5) is 0 Å². The van der Waals surface area contributed by atoms with Gasteiger partial charge in [-0.2, -0.15) is 11.8 Å². The van der Waals surface area contributed by atoms with E-state index in [1.165, 1.54) is 6.42 Å². The van der Waals surface area contributed by atoms with Crippen molar-refractivity contribution in [2.75, 3.05) is 0 Å². The van der Waals surface area contributed by atoms with Crippen LogP contribution in [0.25, 0.3) is 0 Å². The van der Waals surface area contributed by atoms with Crippen molar-refractivity contribution >= 4 is 11.8 Å². The fraction of sp³-hybridized carbons (Fsp3) is 0.833. The van der Waals surface area contributed by atoms with E-state index < -0.39 is 0 Å². The Balaban J connectivity index is 4.38. The zero-order valence-corrected chi connectivity index (χ0v) is 11.0. The average molecular weight is 215 g/mol. The third-order valence-electron chi connectivity index (χ3n) is 3.19. The maximum Gasteiger partial charge on any atom is 0.0339 e. The minimum Gasteiger partial charge on any atom is -0.324 e. The van der Waals surface area contributed by atoms with Crippen molar-refractivity contribution < 1.29 is 0 Å². The van der Waals surface area contributed by atoms with Crippen molar-refractivity contribution in [2.24, 2.45) is 11.7 Å². The van der Waals surface area contributed by atoms with Crippen LogP contribution in [0.1, 0.15) is 41.0 Å². The van der Waals surface area contributed by atoms with Gasteiger partial charge in [0, 0.05) is 16.0 Å². The second kappa shape index (κ2) is 5.82. The summed E-state index contributed by atoms with van der Waals surface area (Å²) in [6.07, 6.45) is 3.03. The highest BCUT2D eigenvalue weighted by Gasteiger charge is 2.30. The van der Waals surface area contributed by atoms with Crippen molar-refractivity contribution in [3.8, 4) is 0 Å². The summed E-state index contributed by atoms with van der Waals surface area (Å²) in [6, 6.07) is 0.102. The summed E-state index contributed by atoms with van der Waals surface area (Å²) < 4.78 is 0.333. The van der Waals surface area contributed by atoms with E-state index in [1.54, 1.807) is 0 Å². The minimum atomic E-state index is 0.102. The topological polar surface area (TPSA) is 26.0 Å². The van der Waals surface area contributed by atoms with E-state index in [0.29, 0.717) is 15.9 Å². The molecule has 0 radical (unpaired) electrons. The Kier molecular flexibility index (Phi) is 5.84. The van der Waals surface area contributed by atoms with E-state index in [-0.39, 0.29) is 6.04 Å². The van der Waals surface area contributed by atoms with E-state index in [4.69, 9.17) is 5.73 Å². The molecular formula is C12H25NS.